The van der Waals surface area contributed by atoms with E-state index in [0.29, 0.717) is 43.6 Å². The van der Waals surface area contributed by atoms with Gasteiger partial charge < -0.3 is 4.74 Å². The first-order valence-electron chi connectivity index (χ1n) is 9.65. The summed E-state index contributed by atoms with van der Waals surface area (Å²) in [5.41, 5.74) is 3.00. The largest absolute Gasteiger partial charge is 0.462 e. The van der Waals surface area contributed by atoms with Gasteiger partial charge in [0, 0.05) is 17.8 Å². The van der Waals surface area contributed by atoms with Crippen LogP contribution in [0.4, 0.5) is 13.2 Å². The predicted octanol–water partition coefficient (Wildman–Crippen LogP) is 4.20. The van der Waals surface area contributed by atoms with E-state index in [1.54, 1.807) is 23.7 Å². The Kier molecular flexibility index (Phi) is 5.98. The second kappa shape index (κ2) is 8.11. The highest BCUT2D eigenvalue weighted by Crippen LogP contribution is 2.37. The second-order valence-electron chi connectivity index (χ2n) is 7.44. The van der Waals surface area contributed by atoms with Gasteiger partial charge in [-0.05, 0) is 63.4 Å². The number of fused-ring (bicyclic) bond motifs is 1. The van der Waals surface area contributed by atoms with Crippen LogP contribution < -0.4 is 0 Å². The highest BCUT2D eigenvalue weighted by molar-refractivity contribution is 5.99. The summed E-state index contributed by atoms with van der Waals surface area (Å²) in [5, 5.41) is 4.43. The molecule has 0 radical (unpaired) electrons. The molecule has 1 atom stereocenters. The zero-order valence-corrected chi connectivity index (χ0v) is 16.4. The minimum atomic E-state index is -4.16. The zero-order chi connectivity index (χ0) is 20.5. The SMILES string of the molecule is CCOC(=O)c1c(C)c(C(C)C2CCN(CC(F)(F)F)CC2)n2ncccc12. The molecule has 2 aromatic heterocycles. The van der Waals surface area contributed by atoms with E-state index in [0.717, 1.165) is 11.3 Å². The average Bonchev–Trinajstić information content (AvgIpc) is 2.92. The third-order valence-electron chi connectivity index (χ3n) is 5.65. The Morgan fingerprint density at radius 3 is 2.64 bits per heavy atom. The molecule has 3 heterocycles. The molecule has 1 saturated heterocycles. The first-order valence-corrected chi connectivity index (χ1v) is 9.65. The van der Waals surface area contributed by atoms with E-state index >= 15 is 0 Å². The molecule has 1 fully saturated rings. The van der Waals surface area contributed by atoms with Crippen molar-refractivity contribution in [2.75, 3.05) is 26.2 Å². The first-order chi connectivity index (χ1) is 13.2. The number of hydrogen-bond donors (Lipinski definition) is 0. The van der Waals surface area contributed by atoms with Crippen LogP contribution in [0.3, 0.4) is 0 Å². The summed E-state index contributed by atoms with van der Waals surface area (Å²) in [6.45, 7) is 6.02. The normalized spacial score (nSPS) is 17.8. The molecule has 0 spiro atoms. The smallest absolute Gasteiger partial charge is 0.401 e. The van der Waals surface area contributed by atoms with Gasteiger partial charge in [-0.1, -0.05) is 6.92 Å². The summed E-state index contributed by atoms with van der Waals surface area (Å²) < 4.78 is 44.9. The molecule has 2 aromatic rings. The molecule has 28 heavy (non-hydrogen) atoms. The molecular weight excluding hydrogens is 371 g/mol. The Balaban J connectivity index is 1.86. The van der Waals surface area contributed by atoms with E-state index in [1.165, 1.54) is 4.90 Å². The number of aromatic nitrogens is 2. The highest BCUT2D eigenvalue weighted by atomic mass is 19.4. The molecule has 0 aromatic carbocycles. The maximum absolute atomic E-state index is 12.6. The lowest BCUT2D eigenvalue weighted by Crippen LogP contribution is -2.41. The van der Waals surface area contributed by atoms with E-state index < -0.39 is 12.7 Å². The Hall–Kier alpha value is -2.09. The number of nitrogens with zero attached hydrogens (tertiary/aromatic N) is 3. The van der Waals surface area contributed by atoms with Crippen molar-refractivity contribution in [3.05, 3.63) is 35.2 Å². The number of piperidine rings is 1. The summed E-state index contributed by atoms with van der Waals surface area (Å²) in [6.07, 6.45) is -1.12. The molecule has 8 heteroatoms. The number of ether oxygens (including phenoxy) is 1. The number of likely N-dealkylation sites (tertiary alicyclic amines) is 1. The quantitative estimate of drug-likeness (QED) is 0.710. The molecule has 1 unspecified atom stereocenters. The third-order valence-corrected chi connectivity index (χ3v) is 5.65. The van der Waals surface area contributed by atoms with Crippen molar-refractivity contribution in [3.8, 4) is 0 Å². The van der Waals surface area contributed by atoms with Crippen LogP contribution in [0.15, 0.2) is 18.3 Å². The van der Waals surface area contributed by atoms with E-state index in [2.05, 4.69) is 12.0 Å². The lowest BCUT2D eigenvalue weighted by molar-refractivity contribution is -0.148. The van der Waals surface area contributed by atoms with Crippen LogP contribution in [0.1, 0.15) is 54.2 Å². The molecule has 1 aliphatic heterocycles. The number of halogens is 3. The van der Waals surface area contributed by atoms with Gasteiger partial charge in [-0.2, -0.15) is 18.3 Å². The summed E-state index contributed by atoms with van der Waals surface area (Å²) >= 11 is 0. The van der Waals surface area contributed by atoms with Gasteiger partial charge in [0.1, 0.15) is 0 Å². The summed E-state index contributed by atoms with van der Waals surface area (Å²) in [7, 11) is 0. The maximum atomic E-state index is 12.6. The molecule has 5 nitrogen and oxygen atoms in total. The van der Waals surface area contributed by atoms with Crippen LogP contribution in [0.5, 0.6) is 0 Å². The second-order valence-corrected chi connectivity index (χ2v) is 7.44. The minimum absolute atomic E-state index is 0.0682. The maximum Gasteiger partial charge on any atom is 0.401 e. The fourth-order valence-electron chi connectivity index (χ4n) is 4.32. The zero-order valence-electron chi connectivity index (χ0n) is 16.4. The van der Waals surface area contributed by atoms with Crippen LogP contribution in [0.2, 0.25) is 0 Å². The van der Waals surface area contributed by atoms with Gasteiger partial charge in [0.2, 0.25) is 0 Å². The van der Waals surface area contributed by atoms with Gasteiger partial charge in [-0.15, -0.1) is 0 Å². The van der Waals surface area contributed by atoms with Crippen molar-refractivity contribution < 1.29 is 22.7 Å². The van der Waals surface area contributed by atoms with Gasteiger partial charge >= 0.3 is 12.1 Å². The number of rotatable bonds is 5. The van der Waals surface area contributed by atoms with Crippen LogP contribution in [-0.4, -0.2) is 52.9 Å². The van der Waals surface area contributed by atoms with Gasteiger partial charge in [0.25, 0.3) is 0 Å². The molecule has 0 aliphatic carbocycles. The molecule has 154 valence electrons. The third kappa shape index (κ3) is 4.16. The Bertz CT molecular complexity index is 839. The minimum Gasteiger partial charge on any atom is -0.462 e. The summed E-state index contributed by atoms with van der Waals surface area (Å²) in [6, 6.07) is 3.62. The van der Waals surface area contributed by atoms with Gasteiger partial charge in [0.15, 0.2) is 0 Å². The molecule has 0 amide bonds. The number of carbonyl (C=O) groups excluding carboxylic acids is 1. The topological polar surface area (TPSA) is 46.8 Å². The molecule has 0 bridgehead atoms. The molecule has 1 aliphatic rings. The molecule has 0 N–H and O–H groups in total. The van der Waals surface area contributed by atoms with E-state index in [-0.39, 0.29) is 17.8 Å². The van der Waals surface area contributed by atoms with Crippen molar-refractivity contribution in [2.45, 2.75) is 45.7 Å². The fraction of sp³-hybridized carbons (Fsp3) is 0.600. The molecular formula is C20H26F3N3O2. The van der Waals surface area contributed by atoms with Crippen LogP contribution in [-0.2, 0) is 4.74 Å². The standard InChI is InChI=1S/C20H26F3N3O2/c1-4-28-19(27)17-14(3)18(26-16(17)6-5-9-24-26)13(2)15-7-10-25(11-8-15)12-20(21,22)23/h5-6,9,13,15H,4,7-8,10-12H2,1-3H3. The van der Waals surface area contributed by atoms with Gasteiger partial charge in [0.05, 0.1) is 24.2 Å². The van der Waals surface area contributed by atoms with Crippen LogP contribution in [0.25, 0.3) is 5.52 Å². The number of esters is 1. The first kappa shape index (κ1) is 20.6. The van der Waals surface area contributed by atoms with Crippen molar-refractivity contribution in [1.29, 1.82) is 0 Å². The molecule has 0 saturated carbocycles. The summed E-state index contributed by atoms with van der Waals surface area (Å²) in [5.74, 6) is -0.0686. The molecule has 3 rings (SSSR count). The lowest BCUT2D eigenvalue weighted by Gasteiger charge is -2.35. The van der Waals surface area contributed by atoms with Crippen molar-refractivity contribution in [1.82, 2.24) is 14.5 Å². The lowest BCUT2D eigenvalue weighted by atomic mass is 9.82. The monoisotopic (exact) mass is 397 g/mol. The van der Waals surface area contributed by atoms with Crippen molar-refractivity contribution in [3.63, 3.8) is 0 Å². The summed E-state index contributed by atoms with van der Waals surface area (Å²) in [4.78, 5) is 14.0. The van der Waals surface area contributed by atoms with E-state index in [1.807, 2.05) is 13.0 Å². The highest BCUT2D eigenvalue weighted by Gasteiger charge is 2.35. The Labute approximate surface area is 162 Å². The number of carbonyl (C=O) groups is 1. The Morgan fingerprint density at radius 1 is 1.36 bits per heavy atom. The van der Waals surface area contributed by atoms with E-state index in [4.69, 9.17) is 4.74 Å². The van der Waals surface area contributed by atoms with E-state index in [9.17, 15) is 18.0 Å². The predicted molar refractivity (Wildman–Crippen MR) is 99.5 cm³/mol. The van der Waals surface area contributed by atoms with Crippen molar-refractivity contribution >= 4 is 11.5 Å². The fourth-order valence-corrected chi connectivity index (χ4v) is 4.32. The van der Waals surface area contributed by atoms with Gasteiger partial charge in [-0.3, -0.25) is 4.90 Å². The van der Waals surface area contributed by atoms with Crippen LogP contribution in [0, 0.1) is 12.8 Å². The van der Waals surface area contributed by atoms with Crippen LogP contribution >= 0.6 is 0 Å². The van der Waals surface area contributed by atoms with Crippen molar-refractivity contribution in [2.24, 2.45) is 5.92 Å². The number of hydrogen-bond acceptors (Lipinski definition) is 4. The average molecular weight is 397 g/mol. The van der Waals surface area contributed by atoms with Gasteiger partial charge in [-0.25, -0.2) is 9.31 Å². The Morgan fingerprint density at radius 2 is 2.04 bits per heavy atom. The number of alkyl halides is 3.